The summed E-state index contributed by atoms with van der Waals surface area (Å²) in [4.78, 5) is 33.9. The third-order valence-corrected chi connectivity index (χ3v) is 7.15. The van der Waals surface area contributed by atoms with Gasteiger partial charge in [-0.1, -0.05) is 12.1 Å². The first-order valence-corrected chi connectivity index (χ1v) is 11.7. The van der Waals surface area contributed by atoms with Crippen LogP contribution < -0.4 is 15.8 Å². The Morgan fingerprint density at radius 3 is 2.77 bits per heavy atom. The average molecular weight is 455 g/mol. The molecule has 1 aliphatic rings. The van der Waals surface area contributed by atoms with Crippen LogP contribution in [0.2, 0.25) is 0 Å². The number of fused-ring (bicyclic) bond motifs is 1. The number of hydrogen-bond acceptors (Lipinski definition) is 6. The van der Waals surface area contributed by atoms with Crippen molar-refractivity contribution in [2.24, 2.45) is 0 Å². The van der Waals surface area contributed by atoms with Gasteiger partial charge in [0.05, 0.1) is 17.4 Å². The second-order valence-corrected chi connectivity index (χ2v) is 9.17. The predicted molar refractivity (Wildman–Crippen MR) is 124 cm³/mol. The van der Waals surface area contributed by atoms with Gasteiger partial charge in [-0.05, 0) is 36.4 Å². The minimum atomic E-state index is -0.489. The SMILES string of the molecule is O=C(Cn1cnc2scc(-c3cccs3)c2c1=O)Nc1c(F)cccc1N1CCCC1. The average Bonchev–Trinajstić information content (AvgIpc) is 3.53. The molecule has 4 aromatic rings. The molecule has 5 rings (SSSR count). The Kier molecular flexibility index (Phi) is 5.29. The fourth-order valence-electron chi connectivity index (χ4n) is 3.89. The van der Waals surface area contributed by atoms with E-state index in [1.54, 1.807) is 17.4 Å². The Hall–Kier alpha value is -3.04. The number of thiophene rings is 2. The van der Waals surface area contributed by atoms with E-state index in [9.17, 15) is 14.0 Å². The summed E-state index contributed by atoms with van der Waals surface area (Å²) in [5.41, 5.74) is 1.38. The molecular formula is C22H19FN4O2S2. The van der Waals surface area contributed by atoms with Crippen LogP contribution in [-0.4, -0.2) is 28.5 Å². The quantitative estimate of drug-likeness (QED) is 0.480. The van der Waals surface area contributed by atoms with Gasteiger partial charge in [-0.15, -0.1) is 22.7 Å². The van der Waals surface area contributed by atoms with E-state index in [0.717, 1.165) is 36.4 Å². The molecule has 158 valence electrons. The lowest BCUT2D eigenvalue weighted by atomic mass is 10.2. The molecule has 0 radical (unpaired) electrons. The van der Waals surface area contributed by atoms with Crippen molar-refractivity contribution in [1.82, 2.24) is 9.55 Å². The van der Waals surface area contributed by atoms with Gasteiger partial charge in [0, 0.05) is 28.9 Å². The number of nitrogens with one attached hydrogen (secondary N) is 1. The van der Waals surface area contributed by atoms with Gasteiger partial charge in [0.25, 0.3) is 5.56 Å². The predicted octanol–water partition coefficient (Wildman–Crippen LogP) is 4.56. The van der Waals surface area contributed by atoms with Crippen LogP contribution in [0.4, 0.5) is 15.8 Å². The molecule has 3 aromatic heterocycles. The molecule has 0 aliphatic carbocycles. The third kappa shape index (κ3) is 3.75. The van der Waals surface area contributed by atoms with Crippen molar-refractivity contribution in [3.8, 4) is 10.4 Å². The van der Waals surface area contributed by atoms with E-state index >= 15 is 0 Å². The summed E-state index contributed by atoms with van der Waals surface area (Å²) in [6.45, 7) is 1.42. The number of aromatic nitrogens is 2. The molecule has 0 saturated carbocycles. The van der Waals surface area contributed by atoms with Crippen molar-refractivity contribution in [2.75, 3.05) is 23.3 Å². The number of nitrogens with zero attached hydrogens (tertiary/aromatic N) is 3. The van der Waals surface area contributed by atoms with E-state index in [2.05, 4.69) is 15.2 Å². The van der Waals surface area contributed by atoms with Crippen LogP contribution in [0.15, 0.2) is 52.2 Å². The van der Waals surface area contributed by atoms with Gasteiger partial charge < -0.3 is 10.2 Å². The summed E-state index contributed by atoms with van der Waals surface area (Å²) in [7, 11) is 0. The highest BCUT2D eigenvalue weighted by molar-refractivity contribution is 7.18. The number of rotatable bonds is 5. The van der Waals surface area contributed by atoms with Crippen molar-refractivity contribution in [3.05, 3.63) is 63.6 Å². The maximum Gasteiger partial charge on any atom is 0.263 e. The van der Waals surface area contributed by atoms with Crippen molar-refractivity contribution in [3.63, 3.8) is 0 Å². The van der Waals surface area contributed by atoms with Crippen LogP contribution in [-0.2, 0) is 11.3 Å². The van der Waals surface area contributed by atoms with E-state index in [1.807, 2.05) is 29.0 Å². The Bertz CT molecular complexity index is 1310. The summed E-state index contributed by atoms with van der Waals surface area (Å²) in [6, 6.07) is 8.66. The smallest absolute Gasteiger partial charge is 0.263 e. The van der Waals surface area contributed by atoms with Crippen LogP contribution in [0.25, 0.3) is 20.7 Å². The lowest BCUT2D eigenvalue weighted by Crippen LogP contribution is -2.29. The summed E-state index contributed by atoms with van der Waals surface area (Å²) in [6.07, 6.45) is 3.46. The lowest BCUT2D eigenvalue weighted by Gasteiger charge is -2.22. The minimum Gasteiger partial charge on any atom is -0.370 e. The minimum absolute atomic E-state index is 0.159. The van der Waals surface area contributed by atoms with E-state index in [1.165, 1.54) is 28.3 Å². The van der Waals surface area contributed by atoms with Gasteiger partial charge in [0.2, 0.25) is 5.91 Å². The van der Waals surface area contributed by atoms with Gasteiger partial charge >= 0.3 is 0 Å². The van der Waals surface area contributed by atoms with Crippen LogP contribution >= 0.6 is 22.7 Å². The van der Waals surface area contributed by atoms with E-state index in [4.69, 9.17) is 0 Å². The second-order valence-electron chi connectivity index (χ2n) is 7.36. The molecule has 4 heterocycles. The standard InChI is InChI=1S/C22H19FN4O2S2/c23-15-5-3-6-16(26-8-1-2-9-26)20(15)25-18(28)11-27-13-24-21-19(22(27)29)14(12-31-21)17-7-4-10-30-17/h3-7,10,12-13H,1-2,8-9,11H2,(H,25,28). The number of hydrogen-bond donors (Lipinski definition) is 1. The molecular weight excluding hydrogens is 435 g/mol. The molecule has 1 amide bonds. The van der Waals surface area contributed by atoms with E-state index in [-0.39, 0.29) is 17.8 Å². The monoisotopic (exact) mass is 454 g/mol. The molecule has 9 heteroatoms. The Morgan fingerprint density at radius 1 is 1.16 bits per heavy atom. The molecule has 6 nitrogen and oxygen atoms in total. The van der Waals surface area contributed by atoms with E-state index < -0.39 is 11.7 Å². The van der Waals surface area contributed by atoms with Crippen LogP contribution in [0.3, 0.4) is 0 Å². The van der Waals surface area contributed by atoms with Crippen LogP contribution in [0.1, 0.15) is 12.8 Å². The number of carbonyl (C=O) groups excluding carboxylic acids is 1. The fourth-order valence-corrected chi connectivity index (χ4v) is 5.61. The van der Waals surface area contributed by atoms with Crippen LogP contribution in [0, 0.1) is 5.82 Å². The second kappa shape index (κ2) is 8.24. The van der Waals surface area contributed by atoms with Gasteiger partial charge in [-0.25, -0.2) is 9.37 Å². The fraction of sp³-hybridized carbons (Fsp3) is 0.227. The number of benzene rings is 1. The maximum absolute atomic E-state index is 14.5. The molecule has 1 saturated heterocycles. The molecule has 1 aliphatic heterocycles. The third-order valence-electron chi connectivity index (χ3n) is 5.36. The molecule has 0 atom stereocenters. The van der Waals surface area contributed by atoms with Gasteiger partial charge in [0.1, 0.15) is 22.9 Å². The molecule has 0 bridgehead atoms. The number of amides is 1. The first-order valence-electron chi connectivity index (χ1n) is 9.95. The van der Waals surface area contributed by atoms with Gasteiger partial charge in [0.15, 0.2) is 0 Å². The highest BCUT2D eigenvalue weighted by atomic mass is 32.1. The molecule has 31 heavy (non-hydrogen) atoms. The number of halogens is 1. The zero-order valence-electron chi connectivity index (χ0n) is 16.5. The Balaban J connectivity index is 1.44. The van der Waals surface area contributed by atoms with Crippen molar-refractivity contribution in [1.29, 1.82) is 0 Å². The van der Waals surface area contributed by atoms with Crippen molar-refractivity contribution >= 4 is 50.2 Å². The summed E-state index contributed by atoms with van der Waals surface area (Å²) in [5.74, 6) is -0.960. The van der Waals surface area contributed by atoms with Crippen LogP contribution in [0.5, 0.6) is 0 Å². The summed E-state index contributed by atoms with van der Waals surface area (Å²) in [5, 5.41) is 7.05. The first-order chi connectivity index (χ1) is 15.1. The molecule has 1 N–H and O–H groups in total. The highest BCUT2D eigenvalue weighted by Gasteiger charge is 2.20. The number of para-hydroxylation sites is 1. The normalized spacial score (nSPS) is 13.8. The molecule has 1 fully saturated rings. The summed E-state index contributed by atoms with van der Waals surface area (Å²) >= 11 is 2.95. The van der Waals surface area contributed by atoms with Gasteiger partial charge in [-0.3, -0.25) is 14.2 Å². The van der Waals surface area contributed by atoms with Crippen molar-refractivity contribution < 1.29 is 9.18 Å². The summed E-state index contributed by atoms with van der Waals surface area (Å²) < 4.78 is 15.8. The number of carbonyl (C=O) groups is 1. The molecule has 0 spiro atoms. The first kappa shape index (κ1) is 19.9. The van der Waals surface area contributed by atoms with Gasteiger partial charge in [-0.2, -0.15) is 0 Å². The topological polar surface area (TPSA) is 67.2 Å². The zero-order chi connectivity index (χ0) is 21.4. The number of anilines is 2. The maximum atomic E-state index is 14.5. The molecule has 0 unspecified atom stereocenters. The largest absolute Gasteiger partial charge is 0.370 e. The molecule has 1 aromatic carbocycles. The highest BCUT2D eigenvalue weighted by Crippen LogP contribution is 2.34. The lowest BCUT2D eigenvalue weighted by molar-refractivity contribution is -0.116. The Labute approximate surface area is 185 Å². The Morgan fingerprint density at radius 2 is 2.00 bits per heavy atom. The van der Waals surface area contributed by atoms with E-state index in [0.29, 0.717) is 15.9 Å². The van der Waals surface area contributed by atoms with Crippen molar-refractivity contribution in [2.45, 2.75) is 19.4 Å². The zero-order valence-corrected chi connectivity index (χ0v) is 18.1.